The third-order valence-electron chi connectivity index (χ3n) is 5.51. The summed E-state index contributed by atoms with van der Waals surface area (Å²) in [4.78, 5) is 24.3. The van der Waals surface area contributed by atoms with Gasteiger partial charge in [0.15, 0.2) is 17.2 Å². The molecule has 1 aromatic heterocycles. The number of carbonyl (C=O) groups excluding carboxylic acids is 1. The second kappa shape index (κ2) is 8.06. The first-order chi connectivity index (χ1) is 14.8. The van der Waals surface area contributed by atoms with Crippen LogP contribution in [0, 0.1) is 23.0 Å². The quantitative estimate of drug-likeness (QED) is 0.727. The number of hydrogen-bond donors (Lipinski definition) is 0. The molecule has 1 atom stereocenters. The fourth-order valence-corrected chi connectivity index (χ4v) is 3.96. The molecule has 162 valence electrons. The number of carbonyl (C=O) groups is 1. The van der Waals surface area contributed by atoms with Crippen molar-refractivity contribution in [3.05, 3.63) is 47.3 Å². The molecule has 0 saturated carbocycles. The predicted octanol–water partition coefficient (Wildman–Crippen LogP) is 2.74. The number of ether oxygens (including phenoxy) is 1. The standard InChI is InChI=1S/C21H20F3N5O2/c1-13-11-29(12-14-8-15(22)9-17(23)18(14)31-13)19(30)21(24)3-6-28(7-4-21)20-26-5-2-16(10-25)27-20/h2,5,8-9,13H,3-4,6-7,11-12H2,1H3/t13-/m0/s1. The second-order valence-corrected chi connectivity index (χ2v) is 7.80. The van der Waals surface area contributed by atoms with Gasteiger partial charge in [0.25, 0.3) is 5.91 Å². The molecule has 2 aromatic rings. The Bertz CT molecular complexity index is 1050. The van der Waals surface area contributed by atoms with Crippen molar-refractivity contribution in [2.24, 2.45) is 0 Å². The highest BCUT2D eigenvalue weighted by Gasteiger charge is 2.45. The van der Waals surface area contributed by atoms with Gasteiger partial charge in [-0.05, 0) is 19.1 Å². The van der Waals surface area contributed by atoms with Gasteiger partial charge in [-0.25, -0.2) is 23.1 Å². The van der Waals surface area contributed by atoms with E-state index >= 15 is 4.39 Å². The van der Waals surface area contributed by atoms with E-state index in [-0.39, 0.29) is 56.0 Å². The molecule has 0 N–H and O–H groups in total. The highest BCUT2D eigenvalue weighted by atomic mass is 19.1. The van der Waals surface area contributed by atoms with Crippen LogP contribution in [0.2, 0.25) is 0 Å². The minimum atomic E-state index is -2.13. The van der Waals surface area contributed by atoms with Gasteiger partial charge in [0.1, 0.15) is 23.7 Å². The number of fused-ring (bicyclic) bond motifs is 1. The number of aromatic nitrogens is 2. The molecular weight excluding hydrogens is 411 g/mol. The van der Waals surface area contributed by atoms with E-state index in [0.29, 0.717) is 5.95 Å². The highest BCUT2D eigenvalue weighted by Crippen LogP contribution is 2.34. The maximum Gasteiger partial charge on any atom is 0.260 e. The zero-order valence-electron chi connectivity index (χ0n) is 16.8. The van der Waals surface area contributed by atoms with Crippen LogP contribution in [-0.4, -0.2) is 52.2 Å². The van der Waals surface area contributed by atoms with Crippen molar-refractivity contribution >= 4 is 11.9 Å². The summed E-state index contributed by atoms with van der Waals surface area (Å²) in [6.07, 6.45) is 0.679. The molecule has 0 bridgehead atoms. The molecule has 4 rings (SSSR count). The predicted molar refractivity (Wildman–Crippen MR) is 104 cm³/mol. The van der Waals surface area contributed by atoms with Gasteiger partial charge < -0.3 is 14.5 Å². The molecule has 0 radical (unpaired) electrons. The summed E-state index contributed by atoms with van der Waals surface area (Å²) in [6, 6.07) is 5.23. The molecule has 1 saturated heterocycles. The number of anilines is 1. The van der Waals surface area contributed by atoms with Gasteiger partial charge in [0.05, 0.1) is 6.54 Å². The van der Waals surface area contributed by atoms with Crippen molar-refractivity contribution in [2.45, 2.75) is 38.1 Å². The molecule has 1 fully saturated rings. The fourth-order valence-electron chi connectivity index (χ4n) is 3.96. The van der Waals surface area contributed by atoms with E-state index in [0.717, 1.165) is 12.1 Å². The smallest absolute Gasteiger partial charge is 0.260 e. The van der Waals surface area contributed by atoms with Crippen LogP contribution in [0.3, 0.4) is 0 Å². The maximum absolute atomic E-state index is 15.7. The number of piperidine rings is 1. The molecule has 2 aliphatic heterocycles. The van der Waals surface area contributed by atoms with Crippen molar-refractivity contribution in [2.75, 3.05) is 24.5 Å². The summed E-state index contributed by atoms with van der Waals surface area (Å²) in [5.41, 5.74) is -1.76. The lowest BCUT2D eigenvalue weighted by Crippen LogP contribution is -2.53. The van der Waals surface area contributed by atoms with E-state index in [9.17, 15) is 13.6 Å². The van der Waals surface area contributed by atoms with Crippen molar-refractivity contribution < 1.29 is 22.7 Å². The lowest BCUT2D eigenvalue weighted by Gasteiger charge is -2.38. The number of amides is 1. The molecule has 10 heteroatoms. The Morgan fingerprint density at radius 2 is 2.06 bits per heavy atom. The average Bonchev–Trinajstić information content (AvgIpc) is 2.92. The van der Waals surface area contributed by atoms with E-state index in [2.05, 4.69) is 9.97 Å². The van der Waals surface area contributed by atoms with E-state index in [1.807, 2.05) is 6.07 Å². The van der Waals surface area contributed by atoms with Crippen molar-refractivity contribution in [1.82, 2.24) is 14.9 Å². The van der Waals surface area contributed by atoms with Crippen molar-refractivity contribution in [1.29, 1.82) is 5.26 Å². The van der Waals surface area contributed by atoms with Crippen LogP contribution in [0.5, 0.6) is 5.75 Å². The number of hydrogen-bond acceptors (Lipinski definition) is 6. The Balaban J connectivity index is 1.50. The summed E-state index contributed by atoms with van der Waals surface area (Å²) < 4.78 is 49.0. The number of benzene rings is 1. The summed E-state index contributed by atoms with van der Waals surface area (Å²) in [5.74, 6) is -2.16. The molecule has 1 amide bonds. The first-order valence-corrected chi connectivity index (χ1v) is 9.90. The van der Waals surface area contributed by atoms with E-state index in [4.69, 9.17) is 10.00 Å². The number of alkyl halides is 1. The molecule has 7 nitrogen and oxygen atoms in total. The van der Waals surface area contributed by atoms with Gasteiger partial charge in [-0.1, -0.05) is 0 Å². The summed E-state index contributed by atoms with van der Waals surface area (Å²) >= 11 is 0. The second-order valence-electron chi connectivity index (χ2n) is 7.80. The third kappa shape index (κ3) is 4.13. The molecule has 3 heterocycles. The van der Waals surface area contributed by atoms with Crippen LogP contribution in [-0.2, 0) is 11.3 Å². The van der Waals surface area contributed by atoms with Crippen LogP contribution in [0.4, 0.5) is 19.1 Å². The first-order valence-electron chi connectivity index (χ1n) is 9.90. The Labute approximate surface area is 177 Å². The van der Waals surface area contributed by atoms with Crippen LogP contribution in [0.25, 0.3) is 0 Å². The minimum absolute atomic E-state index is 0.0529. The first kappa shape index (κ1) is 20.9. The molecule has 0 spiro atoms. The minimum Gasteiger partial charge on any atom is -0.485 e. The lowest BCUT2D eigenvalue weighted by atomic mass is 9.91. The van der Waals surface area contributed by atoms with Crippen molar-refractivity contribution in [3.63, 3.8) is 0 Å². The molecule has 31 heavy (non-hydrogen) atoms. The molecule has 0 unspecified atom stereocenters. The lowest BCUT2D eigenvalue weighted by molar-refractivity contribution is -0.147. The normalized spacial score (nSPS) is 20.3. The zero-order chi connectivity index (χ0) is 22.2. The molecule has 0 aliphatic carbocycles. The molecule has 1 aromatic carbocycles. The van der Waals surface area contributed by atoms with Gasteiger partial charge in [0.2, 0.25) is 5.95 Å². The maximum atomic E-state index is 15.7. The summed E-state index contributed by atoms with van der Waals surface area (Å²) in [6.45, 7) is 1.94. The highest BCUT2D eigenvalue weighted by molar-refractivity contribution is 5.85. The van der Waals surface area contributed by atoms with Crippen LogP contribution < -0.4 is 9.64 Å². The van der Waals surface area contributed by atoms with E-state index in [1.54, 1.807) is 11.8 Å². The number of nitrogens with zero attached hydrogens (tertiary/aromatic N) is 5. The van der Waals surface area contributed by atoms with E-state index in [1.165, 1.54) is 17.2 Å². The summed E-state index contributed by atoms with van der Waals surface area (Å²) in [5, 5.41) is 8.98. The largest absolute Gasteiger partial charge is 0.485 e. The molecular formula is C21H20F3N5O2. The number of halogens is 3. The van der Waals surface area contributed by atoms with Gasteiger partial charge in [-0.3, -0.25) is 4.79 Å². The SMILES string of the molecule is C[C@H]1CN(C(=O)C2(F)CCN(c3nccc(C#N)n3)CC2)Cc2cc(F)cc(F)c2O1. The zero-order valence-corrected chi connectivity index (χ0v) is 16.8. The number of rotatable bonds is 2. The Morgan fingerprint density at radius 1 is 1.32 bits per heavy atom. The van der Waals surface area contributed by atoms with Crippen LogP contribution in [0.1, 0.15) is 31.0 Å². The Kier molecular flexibility index (Phi) is 5.43. The van der Waals surface area contributed by atoms with Gasteiger partial charge in [0, 0.05) is 50.3 Å². The van der Waals surface area contributed by atoms with Gasteiger partial charge >= 0.3 is 0 Å². The van der Waals surface area contributed by atoms with Gasteiger partial charge in [-0.15, -0.1) is 0 Å². The Hall–Kier alpha value is -3.35. The third-order valence-corrected chi connectivity index (χ3v) is 5.51. The van der Waals surface area contributed by atoms with E-state index < -0.39 is 29.3 Å². The average molecular weight is 431 g/mol. The van der Waals surface area contributed by atoms with Crippen LogP contribution >= 0.6 is 0 Å². The Morgan fingerprint density at radius 3 is 2.77 bits per heavy atom. The van der Waals surface area contributed by atoms with Crippen molar-refractivity contribution in [3.8, 4) is 11.8 Å². The number of nitriles is 1. The summed E-state index contributed by atoms with van der Waals surface area (Å²) in [7, 11) is 0. The molecule has 2 aliphatic rings. The fraction of sp³-hybridized carbons (Fsp3) is 0.429. The van der Waals surface area contributed by atoms with Gasteiger partial charge in [-0.2, -0.15) is 5.26 Å². The monoisotopic (exact) mass is 431 g/mol. The van der Waals surface area contributed by atoms with Crippen LogP contribution in [0.15, 0.2) is 24.4 Å². The topological polar surface area (TPSA) is 82.4 Å².